The molecular formula is C18H15NO. The second-order valence-corrected chi connectivity index (χ2v) is 4.51. The fourth-order valence-electron chi connectivity index (χ4n) is 2.19. The minimum absolute atomic E-state index is 0.0496. The summed E-state index contributed by atoms with van der Waals surface area (Å²) in [7, 11) is 0. The number of benzene rings is 2. The van der Waals surface area contributed by atoms with Gasteiger partial charge in [-0.15, -0.1) is 0 Å². The van der Waals surface area contributed by atoms with E-state index in [0.29, 0.717) is 11.1 Å². The summed E-state index contributed by atoms with van der Waals surface area (Å²) in [6, 6.07) is 15.2. The summed E-state index contributed by atoms with van der Waals surface area (Å²) in [5.41, 5.74) is 4.27. The molecule has 0 unspecified atom stereocenters. The maximum Gasteiger partial charge on any atom is 0.160 e. The molecule has 0 aliphatic rings. The van der Waals surface area contributed by atoms with Gasteiger partial charge in [0, 0.05) is 5.56 Å². The highest BCUT2D eigenvalue weighted by Gasteiger charge is 2.10. The smallest absolute Gasteiger partial charge is 0.160 e. The van der Waals surface area contributed by atoms with Gasteiger partial charge >= 0.3 is 0 Å². The summed E-state index contributed by atoms with van der Waals surface area (Å²) >= 11 is 0. The lowest BCUT2D eigenvalue weighted by molar-refractivity contribution is 0.101. The largest absolute Gasteiger partial charge is 0.294 e. The van der Waals surface area contributed by atoms with E-state index in [1.807, 2.05) is 49.4 Å². The van der Waals surface area contributed by atoms with Gasteiger partial charge in [-0.1, -0.05) is 42.5 Å². The van der Waals surface area contributed by atoms with Crippen LogP contribution in [0.4, 0.5) is 0 Å². The van der Waals surface area contributed by atoms with Gasteiger partial charge in [-0.2, -0.15) is 5.26 Å². The minimum atomic E-state index is 0.0496. The van der Waals surface area contributed by atoms with E-state index in [2.05, 4.69) is 6.07 Å². The summed E-state index contributed by atoms with van der Waals surface area (Å²) in [5, 5.41) is 8.85. The maximum absolute atomic E-state index is 11.7. The molecule has 0 N–H and O–H groups in total. The van der Waals surface area contributed by atoms with Crippen LogP contribution in [0.2, 0.25) is 0 Å². The number of nitrogens with zero attached hydrogens (tertiary/aromatic N) is 1. The maximum atomic E-state index is 11.7. The van der Waals surface area contributed by atoms with Crippen molar-refractivity contribution >= 4 is 11.9 Å². The molecule has 2 nitrogen and oxygen atoms in total. The van der Waals surface area contributed by atoms with Gasteiger partial charge in [-0.25, -0.2) is 0 Å². The highest BCUT2D eigenvalue weighted by molar-refractivity contribution is 6.00. The Hall–Kier alpha value is -2.66. The van der Waals surface area contributed by atoms with Crippen molar-refractivity contribution in [1.29, 1.82) is 5.26 Å². The number of rotatable bonds is 3. The topological polar surface area (TPSA) is 40.9 Å². The molecule has 20 heavy (non-hydrogen) atoms. The van der Waals surface area contributed by atoms with Crippen molar-refractivity contribution in [3.8, 4) is 17.2 Å². The van der Waals surface area contributed by atoms with E-state index in [4.69, 9.17) is 5.26 Å². The summed E-state index contributed by atoms with van der Waals surface area (Å²) in [4.78, 5) is 11.7. The molecule has 0 atom stereocenters. The molecular weight excluding hydrogens is 246 g/mol. The van der Waals surface area contributed by atoms with Crippen LogP contribution in [0.1, 0.15) is 35.3 Å². The van der Waals surface area contributed by atoms with Gasteiger partial charge in [0.1, 0.15) is 0 Å². The summed E-state index contributed by atoms with van der Waals surface area (Å²) < 4.78 is 0. The Labute approximate surface area is 119 Å². The Kier molecular flexibility index (Phi) is 4.12. The third-order valence-electron chi connectivity index (χ3n) is 3.14. The molecule has 0 saturated heterocycles. The number of hydrogen-bond donors (Lipinski definition) is 0. The first kappa shape index (κ1) is 13.8. The molecule has 0 fully saturated rings. The number of carbonyl (C=O) groups excluding carboxylic acids is 1. The zero-order chi connectivity index (χ0) is 14.5. The van der Waals surface area contributed by atoms with E-state index in [9.17, 15) is 4.79 Å². The zero-order valence-electron chi connectivity index (χ0n) is 11.6. The van der Waals surface area contributed by atoms with E-state index in [-0.39, 0.29) is 5.78 Å². The van der Waals surface area contributed by atoms with Crippen LogP contribution in [0, 0.1) is 11.3 Å². The molecule has 0 radical (unpaired) electrons. The van der Waals surface area contributed by atoms with Gasteiger partial charge < -0.3 is 0 Å². The van der Waals surface area contributed by atoms with Crippen LogP contribution < -0.4 is 0 Å². The normalized spacial score (nSPS) is 10.4. The Balaban J connectivity index is 2.63. The summed E-state index contributed by atoms with van der Waals surface area (Å²) in [5.74, 6) is 0.0496. The standard InChI is InChI=1S/C18H15NO/c1-3-5-18-16(13(2)20)6-4-7-17(18)15-10-8-14(12-19)9-11-15/h3-11H,1-2H3/b5-3-. The molecule has 2 rings (SSSR count). The molecule has 98 valence electrons. The van der Waals surface area contributed by atoms with E-state index >= 15 is 0 Å². The number of nitriles is 1. The fraction of sp³-hybridized carbons (Fsp3) is 0.111. The van der Waals surface area contributed by atoms with E-state index < -0.39 is 0 Å². The van der Waals surface area contributed by atoms with Crippen molar-refractivity contribution in [2.45, 2.75) is 13.8 Å². The van der Waals surface area contributed by atoms with E-state index in [1.54, 1.807) is 19.1 Å². The average molecular weight is 261 g/mol. The van der Waals surface area contributed by atoms with Crippen molar-refractivity contribution in [2.24, 2.45) is 0 Å². The second kappa shape index (κ2) is 5.99. The molecule has 0 aromatic heterocycles. The van der Waals surface area contributed by atoms with Crippen LogP contribution in [0.25, 0.3) is 17.2 Å². The quantitative estimate of drug-likeness (QED) is 0.765. The molecule has 0 spiro atoms. The van der Waals surface area contributed by atoms with Crippen LogP contribution in [0.3, 0.4) is 0 Å². The minimum Gasteiger partial charge on any atom is -0.294 e. The number of hydrogen-bond acceptors (Lipinski definition) is 2. The lowest BCUT2D eigenvalue weighted by Crippen LogP contribution is -1.98. The van der Waals surface area contributed by atoms with Gasteiger partial charge in [0.15, 0.2) is 5.78 Å². The molecule has 0 heterocycles. The van der Waals surface area contributed by atoms with Crippen molar-refractivity contribution < 1.29 is 4.79 Å². The lowest BCUT2D eigenvalue weighted by atomic mass is 9.93. The number of carbonyl (C=O) groups is 1. The van der Waals surface area contributed by atoms with Crippen molar-refractivity contribution in [1.82, 2.24) is 0 Å². The molecule has 2 heteroatoms. The number of allylic oxidation sites excluding steroid dienone is 1. The van der Waals surface area contributed by atoms with Gasteiger partial charge in [0.25, 0.3) is 0 Å². The molecule has 2 aromatic carbocycles. The van der Waals surface area contributed by atoms with Gasteiger partial charge in [-0.05, 0) is 42.7 Å². The van der Waals surface area contributed by atoms with E-state index in [1.165, 1.54) is 0 Å². The van der Waals surface area contributed by atoms with Crippen LogP contribution in [0.5, 0.6) is 0 Å². The first-order valence-electron chi connectivity index (χ1n) is 6.44. The Morgan fingerprint density at radius 2 is 1.85 bits per heavy atom. The predicted octanol–water partition coefficient (Wildman–Crippen LogP) is 4.46. The van der Waals surface area contributed by atoms with Crippen molar-refractivity contribution in [3.63, 3.8) is 0 Å². The van der Waals surface area contributed by atoms with Crippen LogP contribution in [0.15, 0.2) is 48.5 Å². The zero-order valence-corrected chi connectivity index (χ0v) is 11.6. The first-order valence-corrected chi connectivity index (χ1v) is 6.44. The average Bonchev–Trinajstić information content (AvgIpc) is 2.47. The molecule has 0 aliphatic heterocycles. The summed E-state index contributed by atoms with van der Waals surface area (Å²) in [6.45, 7) is 3.50. The third kappa shape index (κ3) is 2.67. The van der Waals surface area contributed by atoms with Crippen molar-refractivity contribution in [3.05, 3.63) is 65.2 Å². The number of ketones is 1. The molecule has 0 amide bonds. The second-order valence-electron chi connectivity index (χ2n) is 4.51. The Morgan fingerprint density at radius 3 is 2.40 bits per heavy atom. The van der Waals surface area contributed by atoms with Crippen LogP contribution in [-0.2, 0) is 0 Å². The van der Waals surface area contributed by atoms with Crippen LogP contribution in [-0.4, -0.2) is 5.78 Å². The first-order chi connectivity index (χ1) is 9.67. The summed E-state index contributed by atoms with van der Waals surface area (Å²) in [6.07, 6.45) is 3.87. The van der Waals surface area contributed by atoms with Gasteiger partial charge in [-0.3, -0.25) is 4.79 Å². The molecule has 0 aliphatic carbocycles. The number of Topliss-reactive ketones (excluding diaryl/α,β-unsaturated/α-hetero) is 1. The Bertz CT molecular complexity index is 703. The molecule has 2 aromatic rings. The highest BCUT2D eigenvalue weighted by atomic mass is 16.1. The van der Waals surface area contributed by atoms with Crippen molar-refractivity contribution in [2.75, 3.05) is 0 Å². The third-order valence-corrected chi connectivity index (χ3v) is 3.14. The van der Waals surface area contributed by atoms with Crippen LogP contribution >= 0.6 is 0 Å². The molecule has 0 bridgehead atoms. The molecule has 0 saturated carbocycles. The van der Waals surface area contributed by atoms with Gasteiger partial charge in [0.2, 0.25) is 0 Å². The van der Waals surface area contributed by atoms with Gasteiger partial charge in [0.05, 0.1) is 11.6 Å². The highest BCUT2D eigenvalue weighted by Crippen LogP contribution is 2.28. The Morgan fingerprint density at radius 1 is 1.15 bits per heavy atom. The fourth-order valence-corrected chi connectivity index (χ4v) is 2.19. The lowest BCUT2D eigenvalue weighted by Gasteiger charge is -2.10. The monoisotopic (exact) mass is 261 g/mol. The predicted molar refractivity (Wildman–Crippen MR) is 81.3 cm³/mol. The van der Waals surface area contributed by atoms with E-state index in [0.717, 1.165) is 16.7 Å². The SMILES string of the molecule is C/C=C\c1c(C(C)=O)cccc1-c1ccc(C#N)cc1.